The maximum absolute atomic E-state index is 12.3. The molecule has 0 radical (unpaired) electrons. The molecule has 2 amide bonds. The number of amides is 2. The molecule has 0 spiro atoms. The maximum atomic E-state index is 12.3. The molecule has 1 aliphatic heterocycles. The van der Waals surface area contributed by atoms with Crippen molar-refractivity contribution in [3.63, 3.8) is 0 Å². The molecule has 1 saturated heterocycles. The van der Waals surface area contributed by atoms with E-state index < -0.39 is 11.8 Å². The Morgan fingerprint density at radius 3 is 2.36 bits per heavy atom. The van der Waals surface area contributed by atoms with Crippen molar-refractivity contribution >= 4 is 17.5 Å². The average Bonchev–Trinajstić information content (AvgIpc) is 2.55. The van der Waals surface area contributed by atoms with Crippen molar-refractivity contribution in [1.29, 1.82) is 0 Å². The van der Waals surface area contributed by atoms with E-state index in [0.29, 0.717) is 5.69 Å². The zero-order valence-corrected chi connectivity index (χ0v) is 13.6. The number of hydrogen-bond acceptors (Lipinski definition) is 3. The molecule has 0 aliphatic carbocycles. The highest BCUT2D eigenvalue weighted by molar-refractivity contribution is 6.39. The van der Waals surface area contributed by atoms with Crippen molar-refractivity contribution in [2.75, 3.05) is 32.5 Å². The second-order valence-electron chi connectivity index (χ2n) is 5.96. The molecule has 0 aromatic heterocycles. The summed E-state index contributed by atoms with van der Waals surface area (Å²) >= 11 is 0. The Kier molecular flexibility index (Phi) is 5.55. The highest BCUT2D eigenvalue weighted by Crippen LogP contribution is 2.15. The number of piperidine rings is 1. The van der Waals surface area contributed by atoms with Gasteiger partial charge in [0, 0.05) is 18.8 Å². The van der Waals surface area contributed by atoms with Gasteiger partial charge < -0.3 is 15.1 Å². The SMILES string of the molecule is CCc1ccc(NC(=O)C(=O)N(C)C2CCN(C)CC2)cc1. The van der Waals surface area contributed by atoms with Crippen LogP contribution in [0.1, 0.15) is 25.3 Å². The van der Waals surface area contributed by atoms with Crippen LogP contribution in [-0.4, -0.2) is 54.8 Å². The van der Waals surface area contributed by atoms with Crippen molar-refractivity contribution in [3.8, 4) is 0 Å². The van der Waals surface area contributed by atoms with E-state index >= 15 is 0 Å². The molecular weight excluding hydrogens is 278 g/mol. The van der Waals surface area contributed by atoms with E-state index in [0.717, 1.165) is 32.4 Å². The van der Waals surface area contributed by atoms with Gasteiger partial charge in [0.05, 0.1) is 0 Å². The van der Waals surface area contributed by atoms with Gasteiger partial charge in [0.1, 0.15) is 0 Å². The Balaban J connectivity index is 1.91. The largest absolute Gasteiger partial charge is 0.334 e. The number of nitrogens with zero attached hydrogens (tertiary/aromatic N) is 2. The second-order valence-corrected chi connectivity index (χ2v) is 5.96. The normalized spacial score (nSPS) is 16.3. The molecule has 5 nitrogen and oxygen atoms in total. The van der Waals surface area contributed by atoms with Gasteiger partial charge in [-0.2, -0.15) is 0 Å². The van der Waals surface area contributed by atoms with Crippen LogP contribution in [0.2, 0.25) is 0 Å². The third-order valence-corrected chi connectivity index (χ3v) is 4.37. The summed E-state index contributed by atoms with van der Waals surface area (Å²) in [6, 6.07) is 7.73. The fraction of sp³-hybridized carbons (Fsp3) is 0.529. The van der Waals surface area contributed by atoms with Gasteiger partial charge in [-0.3, -0.25) is 9.59 Å². The molecule has 1 fully saturated rings. The lowest BCUT2D eigenvalue weighted by Crippen LogP contribution is -2.47. The third-order valence-electron chi connectivity index (χ3n) is 4.37. The number of aryl methyl sites for hydroxylation is 1. The molecule has 0 unspecified atom stereocenters. The summed E-state index contributed by atoms with van der Waals surface area (Å²) in [7, 11) is 3.79. The Morgan fingerprint density at radius 1 is 1.23 bits per heavy atom. The van der Waals surface area contributed by atoms with Gasteiger partial charge in [-0.25, -0.2) is 0 Å². The Labute approximate surface area is 132 Å². The van der Waals surface area contributed by atoms with Gasteiger partial charge >= 0.3 is 11.8 Å². The number of likely N-dealkylation sites (N-methyl/N-ethyl adjacent to an activating group) is 1. The zero-order chi connectivity index (χ0) is 16.1. The Bertz CT molecular complexity index is 519. The summed E-state index contributed by atoms with van der Waals surface area (Å²) in [4.78, 5) is 28.2. The first-order valence-electron chi connectivity index (χ1n) is 7.87. The molecule has 120 valence electrons. The number of anilines is 1. The lowest BCUT2D eigenvalue weighted by atomic mass is 10.0. The van der Waals surface area contributed by atoms with Crippen LogP contribution in [0.4, 0.5) is 5.69 Å². The molecule has 0 saturated carbocycles. The number of carbonyl (C=O) groups excluding carboxylic acids is 2. The van der Waals surface area contributed by atoms with E-state index in [1.807, 2.05) is 24.3 Å². The summed E-state index contributed by atoms with van der Waals surface area (Å²) in [6.07, 6.45) is 2.78. The fourth-order valence-electron chi connectivity index (χ4n) is 2.72. The maximum Gasteiger partial charge on any atom is 0.313 e. The molecule has 1 aromatic carbocycles. The van der Waals surface area contributed by atoms with Crippen molar-refractivity contribution in [1.82, 2.24) is 9.80 Å². The van der Waals surface area contributed by atoms with Gasteiger partial charge in [0.15, 0.2) is 0 Å². The number of hydrogen-bond donors (Lipinski definition) is 1. The summed E-state index contributed by atoms with van der Waals surface area (Å²) < 4.78 is 0. The number of likely N-dealkylation sites (tertiary alicyclic amines) is 1. The van der Waals surface area contributed by atoms with Crippen LogP contribution in [0.15, 0.2) is 24.3 Å². The zero-order valence-electron chi connectivity index (χ0n) is 13.6. The highest BCUT2D eigenvalue weighted by atomic mass is 16.2. The standard InChI is InChI=1S/C17H25N3O2/c1-4-13-5-7-14(8-6-13)18-16(21)17(22)20(3)15-9-11-19(2)12-10-15/h5-8,15H,4,9-12H2,1-3H3,(H,18,21). The smallest absolute Gasteiger partial charge is 0.313 e. The van der Waals surface area contributed by atoms with Gasteiger partial charge in [-0.1, -0.05) is 19.1 Å². The number of benzene rings is 1. The lowest BCUT2D eigenvalue weighted by Gasteiger charge is -2.34. The van der Waals surface area contributed by atoms with Crippen LogP contribution in [0.5, 0.6) is 0 Å². The van der Waals surface area contributed by atoms with Gasteiger partial charge in [0.2, 0.25) is 0 Å². The fourth-order valence-corrected chi connectivity index (χ4v) is 2.72. The molecule has 0 atom stereocenters. The predicted molar refractivity (Wildman–Crippen MR) is 87.7 cm³/mol. The minimum atomic E-state index is -0.564. The minimum absolute atomic E-state index is 0.150. The molecule has 1 aliphatic rings. The predicted octanol–water partition coefficient (Wildman–Crippen LogP) is 1.74. The number of carbonyl (C=O) groups is 2. The molecular formula is C17H25N3O2. The van der Waals surface area contributed by atoms with E-state index in [-0.39, 0.29) is 6.04 Å². The van der Waals surface area contributed by atoms with Crippen LogP contribution in [0.3, 0.4) is 0 Å². The van der Waals surface area contributed by atoms with Gasteiger partial charge in [-0.05, 0) is 57.1 Å². The molecule has 2 rings (SSSR count). The average molecular weight is 303 g/mol. The molecule has 0 bridgehead atoms. The lowest BCUT2D eigenvalue weighted by molar-refractivity contribution is -0.144. The van der Waals surface area contributed by atoms with E-state index in [2.05, 4.69) is 24.2 Å². The summed E-state index contributed by atoms with van der Waals surface area (Å²) in [5.41, 5.74) is 1.86. The number of nitrogens with one attached hydrogen (secondary N) is 1. The van der Waals surface area contributed by atoms with Crippen LogP contribution in [-0.2, 0) is 16.0 Å². The summed E-state index contributed by atoms with van der Waals surface area (Å²) in [6.45, 7) is 4.00. The topological polar surface area (TPSA) is 52.7 Å². The van der Waals surface area contributed by atoms with Gasteiger partial charge in [0.25, 0.3) is 0 Å². The minimum Gasteiger partial charge on any atom is -0.334 e. The molecule has 1 aromatic rings. The molecule has 1 N–H and O–H groups in total. The summed E-state index contributed by atoms with van der Waals surface area (Å²) in [5, 5.41) is 2.68. The van der Waals surface area contributed by atoms with Crippen molar-refractivity contribution < 1.29 is 9.59 Å². The summed E-state index contributed by atoms with van der Waals surface area (Å²) in [5.74, 6) is -1.03. The van der Waals surface area contributed by atoms with Crippen LogP contribution in [0, 0.1) is 0 Å². The highest BCUT2D eigenvalue weighted by Gasteiger charge is 2.27. The van der Waals surface area contributed by atoms with Crippen LogP contribution >= 0.6 is 0 Å². The first-order chi connectivity index (χ1) is 10.5. The van der Waals surface area contributed by atoms with Crippen molar-refractivity contribution in [2.24, 2.45) is 0 Å². The monoisotopic (exact) mass is 303 g/mol. The van der Waals surface area contributed by atoms with Crippen LogP contribution in [0.25, 0.3) is 0 Å². The quantitative estimate of drug-likeness (QED) is 0.865. The molecule has 22 heavy (non-hydrogen) atoms. The van der Waals surface area contributed by atoms with E-state index in [9.17, 15) is 9.59 Å². The molecule has 5 heteroatoms. The van der Waals surface area contributed by atoms with Gasteiger partial charge in [-0.15, -0.1) is 0 Å². The first kappa shape index (κ1) is 16.5. The van der Waals surface area contributed by atoms with E-state index in [1.54, 1.807) is 11.9 Å². The van der Waals surface area contributed by atoms with E-state index in [1.165, 1.54) is 5.56 Å². The third kappa shape index (κ3) is 4.07. The van der Waals surface area contributed by atoms with E-state index in [4.69, 9.17) is 0 Å². The second kappa shape index (κ2) is 7.40. The molecule has 1 heterocycles. The van der Waals surface area contributed by atoms with Crippen LogP contribution < -0.4 is 5.32 Å². The Morgan fingerprint density at radius 2 is 1.82 bits per heavy atom. The Hall–Kier alpha value is -1.88. The number of rotatable bonds is 3. The van der Waals surface area contributed by atoms with Crippen molar-refractivity contribution in [2.45, 2.75) is 32.2 Å². The first-order valence-corrected chi connectivity index (χ1v) is 7.87. The van der Waals surface area contributed by atoms with Crippen molar-refractivity contribution in [3.05, 3.63) is 29.8 Å².